The first-order chi connectivity index (χ1) is 11.6. The number of nitrogens with zero attached hydrogens (tertiary/aromatic N) is 2. The van der Waals surface area contributed by atoms with Crippen molar-refractivity contribution in [3.05, 3.63) is 41.3 Å². The Hall–Kier alpha value is -2.67. The van der Waals surface area contributed by atoms with Gasteiger partial charge in [0.2, 0.25) is 0 Å². The predicted molar refractivity (Wildman–Crippen MR) is 89.5 cm³/mol. The fraction of sp³-hybridized carbons (Fsp3) is 0.250. The highest BCUT2D eigenvalue weighted by atomic mass is 35.5. The third-order valence-corrected chi connectivity index (χ3v) is 3.18. The molecule has 0 aliphatic rings. The van der Waals surface area contributed by atoms with Gasteiger partial charge in [-0.3, -0.25) is 0 Å². The fourth-order valence-electron chi connectivity index (χ4n) is 1.90. The summed E-state index contributed by atoms with van der Waals surface area (Å²) >= 11 is 5.94. The summed E-state index contributed by atoms with van der Waals surface area (Å²) in [6.07, 6.45) is 2.57. The monoisotopic (exact) mass is 349 g/mol. The van der Waals surface area contributed by atoms with E-state index in [0.29, 0.717) is 21.7 Å². The highest BCUT2D eigenvalue weighted by molar-refractivity contribution is 6.31. The Balaban J connectivity index is 2.34. The number of ether oxygens (including phenoxy) is 2. The summed E-state index contributed by atoms with van der Waals surface area (Å²) in [6, 6.07) is 5.12. The van der Waals surface area contributed by atoms with Crippen LogP contribution in [-0.2, 0) is 19.1 Å². The molecule has 126 valence electrons. The first-order valence-corrected chi connectivity index (χ1v) is 7.65. The SMILES string of the molecule is CCOC(=O)C(=CNc1ncnc2cc(Cl)ccc12)C(=O)OCC. The molecular weight excluding hydrogens is 334 g/mol. The molecule has 1 N–H and O–H groups in total. The van der Waals surface area contributed by atoms with E-state index in [1.54, 1.807) is 32.0 Å². The lowest BCUT2D eigenvalue weighted by atomic mass is 10.2. The van der Waals surface area contributed by atoms with Crippen LogP contribution >= 0.6 is 11.6 Å². The summed E-state index contributed by atoms with van der Waals surface area (Å²) in [5.74, 6) is -1.13. The van der Waals surface area contributed by atoms with Gasteiger partial charge in [-0.2, -0.15) is 0 Å². The van der Waals surface area contributed by atoms with E-state index in [-0.39, 0.29) is 18.8 Å². The molecule has 8 heteroatoms. The van der Waals surface area contributed by atoms with E-state index in [1.165, 1.54) is 12.5 Å². The quantitative estimate of drug-likeness (QED) is 0.371. The van der Waals surface area contributed by atoms with E-state index < -0.39 is 11.9 Å². The minimum atomic E-state index is -0.773. The number of halogens is 1. The fourth-order valence-corrected chi connectivity index (χ4v) is 2.07. The Bertz CT molecular complexity index is 772. The highest BCUT2D eigenvalue weighted by Gasteiger charge is 2.21. The molecule has 2 aromatic rings. The molecule has 0 unspecified atom stereocenters. The molecule has 0 saturated carbocycles. The minimum absolute atomic E-state index is 0.143. The maximum Gasteiger partial charge on any atom is 0.347 e. The van der Waals surface area contributed by atoms with Gasteiger partial charge in [0.25, 0.3) is 0 Å². The average Bonchev–Trinajstić information content (AvgIpc) is 2.55. The third-order valence-electron chi connectivity index (χ3n) is 2.94. The molecule has 7 nitrogen and oxygen atoms in total. The van der Waals surface area contributed by atoms with Gasteiger partial charge in [0.1, 0.15) is 12.1 Å². The summed E-state index contributed by atoms with van der Waals surface area (Å²) < 4.78 is 9.73. The molecule has 2 rings (SSSR count). The van der Waals surface area contributed by atoms with Crippen LogP contribution < -0.4 is 5.32 Å². The molecule has 24 heavy (non-hydrogen) atoms. The molecule has 0 fully saturated rings. The summed E-state index contributed by atoms with van der Waals surface area (Å²) in [4.78, 5) is 32.0. The van der Waals surface area contributed by atoms with Gasteiger partial charge < -0.3 is 14.8 Å². The number of nitrogens with one attached hydrogen (secondary N) is 1. The number of anilines is 1. The Morgan fingerprint density at radius 3 is 2.46 bits per heavy atom. The van der Waals surface area contributed by atoms with Crippen molar-refractivity contribution < 1.29 is 19.1 Å². The highest BCUT2D eigenvalue weighted by Crippen LogP contribution is 2.22. The zero-order valence-electron chi connectivity index (χ0n) is 13.2. The van der Waals surface area contributed by atoms with Gasteiger partial charge in [0.15, 0.2) is 5.57 Å². The van der Waals surface area contributed by atoms with Crippen LogP contribution in [0.4, 0.5) is 5.82 Å². The second-order valence-electron chi connectivity index (χ2n) is 4.53. The second-order valence-corrected chi connectivity index (χ2v) is 4.96. The number of carbonyl (C=O) groups excluding carboxylic acids is 2. The van der Waals surface area contributed by atoms with Crippen LogP contribution in [-0.4, -0.2) is 35.1 Å². The lowest BCUT2D eigenvalue weighted by Gasteiger charge is -2.08. The first kappa shape index (κ1) is 17.7. The lowest BCUT2D eigenvalue weighted by molar-refractivity contribution is -0.146. The number of aromatic nitrogens is 2. The Labute approximate surface area is 143 Å². The number of hydrogen-bond acceptors (Lipinski definition) is 7. The van der Waals surface area contributed by atoms with Gasteiger partial charge in [-0.1, -0.05) is 11.6 Å². The molecule has 0 spiro atoms. The lowest BCUT2D eigenvalue weighted by Crippen LogP contribution is -2.19. The number of hydrogen-bond donors (Lipinski definition) is 1. The van der Waals surface area contributed by atoms with Crippen molar-refractivity contribution in [2.24, 2.45) is 0 Å². The number of rotatable bonds is 6. The van der Waals surface area contributed by atoms with Crippen LogP contribution in [0.3, 0.4) is 0 Å². The molecule has 0 aliphatic carbocycles. The van der Waals surface area contributed by atoms with Crippen molar-refractivity contribution in [3.63, 3.8) is 0 Å². The van der Waals surface area contributed by atoms with Crippen LogP contribution in [0.1, 0.15) is 13.8 Å². The molecule has 1 heterocycles. The standard InChI is InChI=1S/C16H16ClN3O4/c1-3-23-15(21)12(16(22)24-4-2)8-18-14-11-6-5-10(17)7-13(11)19-9-20-14/h5-9H,3-4H2,1-2H3,(H,18,19,20). The minimum Gasteiger partial charge on any atom is -0.462 e. The molecule has 0 bridgehead atoms. The van der Waals surface area contributed by atoms with Gasteiger partial charge in [-0.15, -0.1) is 0 Å². The van der Waals surface area contributed by atoms with Gasteiger partial charge in [0, 0.05) is 16.6 Å². The number of carbonyl (C=O) groups is 2. The normalized spacial score (nSPS) is 10.1. The largest absolute Gasteiger partial charge is 0.462 e. The van der Waals surface area contributed by atoms with Crippen LogP contribution in [0, 0.1) is 0 Å². The van der Waals surface area contributed by atoms with E-state index in [2.05, 4.69) is 15.3 Å². The van der Waals surface area contributed by atoms with Crippen LogP contribution in [0.5, 0.6) is 0 Å². The molecule has 1 aromatic carbocycles. The van der Waals surface area contributed by atoms with Crippen LogP contribution in [0.2, 0.25) is 5.02 Å². The van der Waals surface area contributed by atoms with E-state index in [9.17, 15) is 9.59 Å². The number of fused-ring (bicyclic) bond motifs is 1. The molecule has 0 saturated heterocycles. The van der Waals surface area contributed by atoms with E-state index in [4.69, 9.17) is 21.1 Å². The maximum absolute atomic E-state index is 11.9. The zero-order valence-corrected chi connectivity index (χ0v) is 14.0. The van der Waals surface area contributed by atoms with Crippen molar-refractivity contribution in [2.45, 2.75) is 13.8 Å². The first-order valence-electron chi connectivity index (χ1n) is 7.28. The number of esters is 2. The summed E-state index contributed by atoms with van der Waals surface area (Å²) in [5, 5.41) is 4.06. The summed E-state index contributed by atoms with van der Waals surface area (Å²) in [6.45, 7) is 3.58. The zero-order chi connectivity index (χ0) is 17.5. The molecule has 0 aliphatic heterocycles. The Kier molecular flexibility index (Phi) is 6.08. The van der Waals surface area contributed by atoms with Crippen molar-refractivity contribution in [1.82, 2.24) is 9.97 Å². The molecule has 0 amide bonds. The smallest absolute Gasteiger partial charge is 0.347 e. The van der Waals surface area contributed by atoms with Crippen molar-refractivity contribution in [3.8, 4) is 0 Å². The van der Waals surface area contributed by atoms with E-state index in [0.717, 1.165) is 0 Å². The number of benzene rings is 1. The van der Waals surface area contributed by atoms with E-state index >= 15 is 0 Å². The molecule has 0 radical (unpaired) electrons. The van der Waals surface area contributed by atoms with Gasteiger partial charge in [-0.25, -0.2) is 19.6 Å². The Morgan fingerprint density at radius 2 is 1.83 bits per heavy atom. The maximum atomic E-state index is 11.9. The predicted octanol–water partition coefficient (Wildman–Crippen LogP) is 2.71. The van der Waals surface area contributed by atoms with Crippen LogP contribution in [0.15, 0.2) is 36.3 Å². The third kappa shape index (κ3) is 4.20. The molecule has 0 atom stereocenters. The summed E-state index contributed by atoms with van der Waals surface area (Å²) in [5.41, 5.74) is 0.377. The van der Waals surface area contributed by atoms with Gasteiger partial charge in [-0.05, 0) is 32.0 Å². The molecular formula is C16H16ClN3O4. The van der Waals surface area contributed by atoms with Crippen molar-refractivity contribution in [1.29, 1.82) is 0 Å². The van der Waals surface area contributed by atoms with Crippen molar-refractivity contribution >= 4 is 40.3 Å². The average molecular weight is 350 g/mol. The van der Waals surface area contributed by atoms with E-state index in [1.807, 2.05) is 0 Å². The van der Waals surface area contributed by atoms with Gasteiger partial charge in [0.05, 0.1) is 18.7 Å². The summed E-state index contributed by atoms with van der Waals surface area (Å²) in [7, 11) is 0. The van der Waals surface area contributed by atoms with Crippen molar-refractivity contribution in [2.75, 3.05) is 18.5 Å². The Morgan fingerprint density at radius 1 is 1.17 bits per heavy atom. The molecule has 1 aromatic heterocycles. The van der Waals surface area contributed by atoms with Gasteiger partial charge >= 0.3 is 11.9 Å². The van der Waals surface area contributed by atoms with Crippen LogP contribution in [0.25, 0.3) is 10.9 Å². The topological polar surface area (TPSA) is 90.4 Å². The second kappa shape index (κ2) is 8.26.